The molecule has 1 saturated carbocycles. The molecule has 0 aromatic carbocycles. The summed E-state index contributed by atoms with van der Waals surface area (Å²) in [6.07, 6.45) is 9.52. The van der Waals surface area contributed by atoms with Crippen LogP contribution < -0.4 is 4.74 Å². The number of pyridine rings is 2. The van der Waals surface area contributed by atoms with Crippen molar-refractivity contribution in [2.45, 2.75) is 45.3 Å². The van der Waals surface area contributed by atoms with Crippen molar-refractivity contribution in [3.05, 3.63) is 59.9 Å². The fourth-order valence-electron chi connectivity index (χ4n) is 4.57. The molecule has 3 fully saturated rings. The van der Waals surface area contributed by atoms with E-state index in [2.05, 4.69) is 15.0 Å². The molecule has 0 spiro atoms. The van der Waals surface area contributed by atoms with Gasteiger partial charge in [0, 0.05) is 25.0 Å². The van der Waals surface area contributed by atoms with Crippen LogP contribution in [0, 0.1) is 19.8 Å². The first-order chi connectivity index (χ1) is 14.6. The molecule has 3 atom stereocenters. The maximum Gasteiger partial charge on any atom is 0.273 e. The number of oxazole rings is 1. The molecule has 154 valence electrons. The second kappa shape index (κ2) is 7.55. The molecule has 2 bridgehead atoms. The highest BCUT2D eigenvalue weighted by molar-refractivity contribution is 5.98. The van der Waals surface area contributed by atoms with E-state index in [9.17, 15) is 4.79 Å². The average molecular weight is 404 g/mol. The topological polar surface area (TPSA) is 81.4 Å². The van der Waals surface area contributed by atoms with Crippen LogP contribution in [0.5, 0.6) is 5.88 Å². The third-order valence-corrected chi connectivity index (χ3v) is 6.03. The highest BCUT2D eigenvalue weighted by Crippen LogP contribution is 2.38. The van der Waals surface area contributed by atoms with Crippen molar-refractivity contribution in [1.82, 2.24) is 19.9 Å². The van der Waals surface area contributed by atoms with Crippen molar-refractivity contribution in [3.8, 4) is 17.3 Å². The molecule has 1 amide bonds. The summed E-state index contributed by atoms with van der Waals surface area (Å²) in [5.74, 6) is 1.35. The predicted octanol–water partition coefficient (Wildman–Crippen LogP) is 3.82. The van der Waals surface area contributed by atoms with Gasteiger partial charge >= 0.3 is 0 Å². The zero-order valence-electron chi connectivity index (χ0n) is 17.1. The number of ether oxygens (including phenoxy) is 1. The van der Waals surface area contributed by atoms with E-state index in [4.69, 9.17) is 9.15 Å². The van der Waals surface area contributed by atoms with Crippen LogP contribution in [0.4, 0.5) is 0 Å². The number of fused-ring (bicyclic) bond motifs is 3. The Bertz CT molecular complexity index is 1050. The summed E-state index contributed by atoms with van der Waals surface area (Å²) in [4.78, 5) is 28.6. The standard InChI is InChI=1S/C23H24N4O3/c1-14-3-6-20(25-11-14)30-19-10-16-4-5-18(19)27(13-16)23(28)21-17(9-15(2)12-26-21)22-24-7-8-29-22/h3,6-9,11-12,16,18-19H,4-5,10,13H2,1-2H3. The Morgan fingerprint density at radius 2 is 2.00 bits per heavy atom. The lowest BCUT2D eigenvalue weighted by atomic mass is 9.77. The van der Waals surface area contributed by atoms with Gasteiger partial charge in [-0.15, -0.1) is 0 Å². The van der Waals surface area contributed by atoms with Crippen molar-refractivity contribution in [2.75, 3.05) is 6.54 Å². The largest absolute Gasteiger partial charge is 0.472 e. The SMILES string of the molecule is Cc1ccc(OC2CC3CCC2N(C(=O)c2ncc(C)cc2-c2ncco2)C3)nc1. The van der Waals surface area contributed by atoms with Crippen LogP contribution in [-0.2, 0) is 0 Å². The van der Waals surface area contributed by atoms with Gasteiger partial charge in [0.05, 0.1) is 17.8 Å². The summed E-state index contributed by atoms with van der Waals surface area (Å²) < 4.78 is 11.7. The van der Waals surface area contributed by atoms with Crippen molar-refractivity contribution in [3.63, 3.8) is 0 Å². The van der Waals surface area contributed by atoms with E-state index in [0.717, 1.165) is 36.9 Å². The number of rotatable bonds is 4. The van der Waals surface area contributed by atoms with Crippen LogP contribution in [0.2, 0.25) is 0 Å². The molecular weight excluding hydrogens is 380 g/mol. The summed E-state index contributed by atoms with van der Waals surface area (Å²) in [5.41, 5.74) is 3.05. The van der Waals surface area contributed by atoms with Crippen LogP contribution in [0.1, 0.15) is 40.9 Å². The minimum atomic E-state index is -0.0944. The Balaban J connectivity index is 1.43. The van der Waals surface area contributed by atoms with E-state index in [1.54, 1.807) is 18.6 Å². The van der Waals surface area contributed by atoms with Gasteiger partial charge in [-0.2, -0.15) is 0 Å². The van der Waals surface area contributed by atoms with Gasteiger partial charge < -0.3 is 14.1 Å². The van der Waals surface area contributed by atoms with E-state index in [1.807, 2.05) is 36.9 Å². The second-order valence-electron chi connectivity index (χ2n) is 8.28. The maximum absolute atomic E-state index is 13.6. The average Bonchev–Trinajstić information content (AvgIpc) is 3.30. The molecule has 3 unspecified atom stereocenters. The van der Waals surface area contributed by atoms with E-state index in [-0.39, 0.29) is 18.1 Å². The van der Waals surface area contributed by atoms with Crippen LogP contribution in [0.15, 0.2) is 47.5 Å². The van der Waals surface area contributed by atoms with E-state index in [0.29, 0.717) is 28.9 Å². The number of piperidine rings is 2. The lowest BCUT2D eigenvalue weighted by Crippen LogP contribution is -2.59. The summed E-state index contributed by atoms with van der Waals surface area (Å²) in [7, 11) is 0. The Morgan fingerprint density at radius 1 is 1.13 bits per heavy atom. The van der Waals surface area contributed by atoms with Crippen LogP contribution in [0.3, 0.4) is 0 Å². The zero-order chi connectivity index (χ0) is 20.7. The van der Waals surface area contributed by atoms with E-state index >= 15 is 0 Å². The number of nitrogens with zero attached hydrogens (tertiary/aromatic N) is 4. The van der Waals surface area contributed by atoms with Gasteiger partial charge in [0.25, 0.3) is 5.91 Å². The molecule has 2 aliphatic heterocycles. The predicted molar refractivity (Wildman–Crippen MR) is 110 cm³/mol. The van der Waals surface area contributed by atoms with Gasteiger partial charge in [0.2, 0.25) is 11.8 Å². The minimum absolute atomic E-state index is 0.00566. The Hall–Kier alpha value is -3.22. The summed E-state index contributed by atoms with van der Waals surface area (Å²) in [5, 5.41) is 0. The number of hydrogen-bond donors (Lipinski definition) is 0. The van der Waals surface area contributed by atoms with Crippen molar-refractivity contribution >= 4 is 5.91 Å². The van der Waals surface area contributed by atoms with Gasteiger partial charge in [-0.05, 0) is 56.2 Å². The molecule has 3 aliphatic rings. The Labute approximate surface area is 175 Å². The van der Waals surface area contributed by atoms with Gasteiger partial charge in [-0.3, -0.25) is 4.79 Å². The van der Waals surface area contributed by atoms with Gasteiger partial charge in [-0.25, -0.2) is 15.0 Å². The molecule has 1 aliphatic carbocycles. The molecule has 30 heavy (non-hydrogen) atoms. The molecular formula is C23H24N4O3. The molecule has 0 N–H and O–H groups in total. The van der Waals surface area contributed by atoms with Crippen molar-refractivity contribution in [2.24, 2.45) is 5.92 Å². The molecule has 2 saturated heterocycles. The Kier molecular flexibility index (Phi) is 4.73. The van der Waals surface area contributed by atoms with E-state index < -0.39 is 0 Å². The third-order valence-electron chi connectivity index (χ3n) is 6.03. The number of amides is 1. The van der Waals surface area contributed by atoms with Crippen LogP contribution in [-0.4, -0.2) is 44.4 Å². The maximum atomic E-state index is 13.6. The molecule has 3 aromatic rings. The number of aromatic nitrogens is 3. The minimum Gasteiger partial charge on any atom is -0.472 e. The molecule has 5 heterocycles. The van der Waals surface area contributed by atoms with Gasteiger partial charge in [0.1, 0.15) is 18.1 Å². The molecule has 3 aromatic heterocycles. The van der Waals surface area contributed by atoms with E-state index in [1.165, 1.54) is 6.26 Å². The van der Waals surface area contributed by atoms with Crippen molar-refractivity contribution < 1.29 is 13.9 Å². The fourth-order valence-corrected chi connectivity index (χ4v) is 4.57. The fraction of sp³-hybridized carbons (Fsp3) is 0.391. The molecule has 6 rings (SSSR count). The van der Waals surface area contributed by atoms with Gasteiger partial charge in [-0.1, -0.05) is 6.07 Å². The Morgan fingerprint density at radius 3 is 2.73 bits per heavy atom. The summed E-state index contributed by atoms with van der Waals surface area (Å²) in [6, 6.07) is 5.79. The first-order valence-corrected chi connectivity index (χ1v) is 10.4. The highest BCUT2D eigenvalue weighted by atomic mass is 16.5. The lowest BCUT2D eigenvalue weighted by molar-refractivity contribution is -0.0315. The van der Waals surface area contributed by atoms with Crippen molar-refractivity contribution in [1.29, 1.82) is 0 Å². The first kappa shape index (κ1) is 18.8. The monoisotopic (exact) mass is 404 g/mol. The van der Waals surface area contributed by atoms with Crippen LogP contribution in [0.25, 0.3) is 11.5 Å². The third kappa shape index (κ3) is 3.44. The summed E-state index contributed by atoms with van der Waals surface area (Å²) in [6.45, 7) is 4.67. The number of aryl methyl sites for hydroxylation is 2. The highest BCUT2D eigenvalue weighted by Gasteiger charge is 2.45. The smallest absolute Gasteiger partial charge is 0.273 e. The summed E-state index contributed by atoms with van der Waals surface area (Å²) >= 11 is 0. The number of carbonyl (C=O) groups excluding carboxylic acids is 1. The zero-order valence-corrected chi connectivity index (χ0v) is 17.1. The molecule has 7 heteroatoms. The lowest BCUT2D eigenvalue weighted by Gasteiger charge is -2.49. The quantitative estimate of drug-likeness (QED) is 0.658. The molecule has 0 radical (unpaired) electrons. The normalized spacial score (nSPS) is 22.9. The number of hydrogen-bond acceptors (Lipinski definition) is 6. The molecule has 7 nitrogen and oxygen atoms in total. The van der Waals surface area contributed by atoms with Crippen LogP contribution >= 0.6 is 0 Å². The van der Waals surface area contributed by atoms with Gasteiger partial charge in [0.15, 0.2) is 0 Å². The first-order valence-electron chi connectivity index (χ1n) is 10.4. The number of carbonyl (C=O) groups is 1. The second-order valence-corrected chi connectivity index (χ2v) is 8.28.